The standard InChI is InChI=1S/C14H18FN3O4S/c1-23(21,22)18(11-5-2-4-10(15)8-11)9-13(19)17-12-6-3-7-16-14(12)20/h2,4-5,8,12H,3,6-7,9H2,1H3,(H,16,20)(H,17,19). The molecule has 9 heteroatoms. The van der Waals surface area contributed by atoms with Crippen molar-refractivity contribution in [3.8, 4) is 0 Å². The number of hydrogen-bond donors (Lipinski definition) is 2. The van der Waals surface area contributed by atoms with E-state index in [1.807, 2.05) is 0 Å². The molecule has 1 aromatic rings. The monoisotopic (exact) mass is 343 g/mol. The molecule has 0 radical (unpaired) electrons. The second kappa shape index (κ2) is 6.95. The Morgan fingerprint density at radius 3 is 2.83 bits per heavy atom. The molecule has 1 heterocycles. The smallest absolute Gasteiger partial charge is 0.242 e. The van der Waals surface area contributed by atoms with Gasteiger partial charge in [-0.25, -0.2) is 12.8 Å². The van der Waals surface area contributed by atoms with Crippen LogP contribution in [0.25, 0.3) is 0 Å². The molecule has 1 aliphatic rings. The zero-order valence-corrected chi connectivity index (χ0v) is 13.4. The van der Waals surface area contributed by atoms with E-state index >= 15 is 0 Å². The highest BCUT2D eigenvalue weighted by atomic mass is 32.2. The first kappa shape index (κ1) is 17.2. The predicted octanol–water partition coefficient (Wildman–Crippen LogP) is -0.0135. The number of anilines is 1. The number of benzene rings is 1. The van der Waals surface area contributed by atoms with Crippen molar-refractivity contribution in [1.29, 1.82) is 0 Å². The van der Waals surface area contributed by atoms with Gasteiger partial charge in [-0.2, -0.15) is 0 Å². The number of sulfonamides is 1. The topological polar surface area (TPSA) is 95.6 Å². The third-order valence-electron chi connectivity index (χ3n) is 3.40. The molecule has 2 amide bonds. The molecule has 0 aromatic heterocycles. The van der Waals surface area contributed by atoms with Gasteiger partial charge >= 0.3 is 0 Å². The molecule has 1 aliphatic heterocycles. The van der Waals surface area contributed by atoms with E-state index in [0.717, 1.165) is 23.0 Å². The van der Waals surface area contributed by atoms with Gasteiger partial charge in [0.1, 0.15) is 18.4 Å². The summed E-state index contributed by atoms with van der Waals surface area (Å²) in [6.07, 6.45) is 2.16. The predicted molar refractivity (Wildman–Crippen MR) is 82.8 cm³/mol. The Morgan fingerprint density at radius 1 is 1.48 bits per heavy atom. The Morgan fingerprint density at radius 2 is 2.22 bits per heavy atom. The fraction of sp³-hybridized carbons (Fsp3) is 0.429. The summed E-state index contributed by atoms with van der Waals surface area (Å²) in [5, 5.41) is 5.13. The fourth-order valence-electron chi connectivity index (χ4n) is 2.31. The largest absolute Gasteiger partial charge is 0.354 e. The molecule has 1 unspecified atom stereocenters. The van der Waals surface area contributed by atoms with Crippen LogP contribution < -0.4 is 14.9 Å². The zero-order chi connectivity index (χ0) is 17.0. The van der Waals surface area contributed by atoms with Crippen LogP contribution in [0.5, 0.6) is 0 Å². The van der Waals surface area contributed by atoms with E-state index in [0.29, 0.717) is 13.0 Å². The first-order valence-electron chi connectivity index (χ1n) is 7.08. The number of carbonyl (C=O) groups excluding carboxylic acids is 2. The molecule has 1 fully saturated rings. The van der Waals surface area contributed by atoms with Gasteiger partial charge < -0.3 is 10.6 Å². The average Bonchev–Trinajstić information content (AvgIpc) is 2.46. The van der Waals surface area contributed by atoms with E-state index in [1.54, 1.807) is 0 Å². The van der Waals surface area contributed by atoms with Gasteiger partial charge in [0.2, 0.25) is 21.8 Å². The normalized spacial score (nSPS) is 18.2. The second-order valence-corrected chi connectivity index (χ2v) is 7.21. The molecule has 2 rings (SSSR count). The van der Waals surface area contributed by atoms with Gasteiger partial charge in [-0.1, -0.05) is 6.07 Å². The SMILES string of the molecule is CS(=O)(=O)N(CC(=O)NC1CCCNC1=O)c1cccc(F)c1. The number of nitrogens with zero attached hydrogens (tertiary/aromatic N) is 1. The number of rotatable bonds is 5. The molecule has 7 nitrogen and oxygen atoms in total. The van der Waals surface area contributed by atoms with E-state index in [1.165, 1.54) is 18.2 Å². The summed E-state index contributed by atoms with van der Waals surface area (Å²) in [4.78, 5) is 23.7. The minimum atomic E-state index is -3.78. The minimum absolute atomic E-state index is 0.0516. The fourth-order valence-corrected chi connectivity index (χ4v) is 3.16. The van der Waals surface area contributed by atoms with Gasteiger partial charge in [0.15, 0.2) is 0 Å². The lowest BCUT2D eigenvalue weighted by Crippen LogP contribution is -2.52. The van der Waals surface area contributed by atoms with Crippen LogP contribution in [-0.2, 0) is 19.6 Å². The van der Waals surface area contributed by atoms with Gasteiger partial charge in [-0.05, 0) is 31.0 Å². The van der Waals surface area contributed by atoms with Crippen LogP contribution in [0, 0.1) is 5.82 Å². The molecule has 2 N–H and O–H groups in total. The average molecular weight is 343 g/mol. The number of nitrogens with one attached hydrogen (secondary N) is 2. The summed E-state index contributed by atoms with van der Waals surface area (Å²) < 4.78 is 37.9. The van der Waals surface area contributed by atoms with Crippen LogP contribution >= 0.6 is 0 Å². The zero-order valence-electron chi connectivity index (χ0n) is 12.6. The lowest BCUT2D eigenvalue weighted by molar-refractivity contribution is -0.129. The maximum Gasteiger partial charge on any atom is 0.242 e. The summed E-state index contributed by atoms with van der Waals surface area (Å²) in [6.45, 7) is 0.0377. The van der Waals surface area contributed by atoms with Gasteiger partial charge in [0, 0.05) is 6.54 Å². The number of piperidine rings is 1. The molecule has 1 atom stereocenters. The lowest BCUT2D eigenvalue weighted by Gasteiger charge is -2.25. The molecule has 0 bridgehead atoms. The highest BCUT2D eigenvalue weighted by molar-refractivity contribution is 7.92. The second-order valence-electron chi connectivity index (χ2n) is 5.30. The van der Waals surface area contributed by atoms with Crippen LogP contribution in [0.15, 0.2) is 24.3 Å². The van der Waals surface area contributed by atoms with Crippen molar-refractivity contribution in [2.45, 2.75) is 18.9 Å². The molecule has 126 valence electrons. The van der Waals surface area contributed by atoms with Gasteiger partial charge in [0.25, 0.3) is 0 Å². The molecular weight excluding hydrogens is 325 g/mol. The number of amides is 2. The quantitative estimate of drug-likeness (QED) is 0.786. The van der Waals surface area contributed by atoms with E-state index < -0.39 is 34.3 Å². The summed E-state index contributed by atoms with van der Waals surface area (Å²) in [5.41, 5.74) is 0.0516. The Kier molecular flexibility index (Phi) is 5.19. The Hall–Kier alpha value is -2.16. The van der Waals surface area contributed by atoms with E-state index in [4.69, 9.17) is 0 Å². The third kappa shape index (κ3) is 4.65. The Bertz CT molecular complexity index is 708. The van der Waals surface area contributed by atoms with E-state index in [-0.39, 0.29) is 11.6 Å². The van der Waals surface area contributed by atoms with Crippen molar-refractivity contribution in [2.75, 3.05) is 23.7 Å². The van der Waals surface area contributed by atoms with Gasteiger partial charge in [-0.15, -0.1) is 0 Å². The van der Waals surface area contributed by atoms with Crippen molar-refractivity contribution < 1.29 is 22.4 Å². The van der Waals surface area contributed by atoms with Crippen molar-refractivity contribution in [3.05, 3.63) is 30.1 Å². The van der Waals surface area contributed by atoms with E-state index in [2.05, 4.69) is 10.6 Å². The summed E-state index contributed by atoms with van der Waals surface area (Å²) >= 11 is 0. The lowest BCUT2D eigenvalue weighted by atomic mass is 10.1. The van der Waals surface area contributed by atoms with Crippen LogP contribution in [0.3, 0.4) is 0 Å². The molecule has 1 saturated heterocycles. The Balaban J connectivity index is 2.12. The van der Waals surface area contributed by atoms with Crippen molar-refractivity contribution in [2.24, 2.45) is 0 Å². The van der Waals surface area contributed by atoms with Crippen LogP contribution in [-0.4, -0.2) is 45.6 Å². The molecule has 0 saturated carbocycles. The van der Waals surface area contributed by atoms with Crippen molar-refractivity contribution in [3.63, 3.8) is 0 Å². The Labute approximate surface area is 133 Å². The highest BCUT2D eigenvalue weighted by Crippen LogP contribution is 2.18. The van der Waals surface area contributed by atoms with E-state index in [9.17, 15) is 22.4 Å². The van der Waals surface area contributed by atoms with Crippen molar-refractivity contribution in [1.82, 2.24) is 10.6 Å². The highest BCUT2D eigenvalue weighted by Gasteiger charge is 2.26. The van der Waals surface area contributed by atoms with Gasteiger partial charge in [-0.3, -0.25) is 13.9 Å². The number of halogens is 1. The summed E-state index contributed by atoms with van der Waals surface area (Å²) in [5.74, 6) is -1.52. The van der Waals surface area contributed by atoms with Crippen LogP contribution in [0.2, 0.25) is 0 Å². The molecule has 1 aromatic carbocycles. The molecule has 23 heavy (non-hydrogen) atoms. The maximum absolute atomic E-state index is 13.3. The third-order valence-corrected chi connectivity index (χ3v) is 4.54. The summed E-state index contributed by atoms with van der Waals surface area (Å²) in [7, 11) is -3.78. The van der Waals surface area contributed by atoms with Crippen molar-refractivity contribution >= 4 is 27.5 Å². The summed E-state index contributed by atoms with van der Waals surface area (Å²) in [6, 6.07) is 4.28. The first-order chi connectivity index (χ1) is 10.8. The minimum Gasteiger partial charge on any atom is -0.354 e. The molecular formula is C14H18FN3O4S. The maximum atomic E-state index is 13.3. The van der Waals surface area contributed by atoms with Crippen LogP contribution in [0.1, 0.15) is 12.8 Å². The number of carbonyl (C=O) groups is 2. The molecule has 0 spiro atoms. The van der Waals surface area contributed by atoms with Gasteiger partial charge in [0.05, 0.1) is 11.9 Å². The number of hydrogen-bond acceptors (Lipinski definition) is 4. The van der Waals surface area contributed by atoms with Crippen LogP contribution in [0.4, 0.5) is 10.1 Å². The molecule has 0 aliphatic carbocycles. The first-order valence-corrected chi connectivity index (χ1v) is 8.92.